The predicted molar refractivity (Wildman–Crippen MR) is 127 cm³/mol. The molecule has 3 fully saturated rings. The Morgan fingerprint density at radius 3 is 2.51 bits per heavy atom. The number of nitrogens with zero attached hydrogens (tertiary/aromatic N) is 2. The number of ether oxygens (including phenoxy) is 3. The highest BCUT2D eigenvalue weighted by Crippen LogP contribution is 2.19. The van der Waals surface area contributed by atoms with E-state index < -0.39 is 0 Å². The number of hydrogen-bond acceptors (Lipinski definition) is 8. The third-order valence-corrected chi connectivity index (χ3v) is 5.86. The van der Waals surface area contributed by atoms with E-state index in [1.807, 2.05) is 6.07 Å². The zero-order chi connectivity index (χ0) is 25.3. The zero-order valence-corrected chi connectivity index (χ0v) is 20.0. The molecule has 3 aliphatic heterocycles. The van der Waals surface area contributed by atoms with Gasteiger partial charge in [-0.25, -0.2) is 0 Å². The topological polar surface area (TPSA) is 138 Å². The molecule has 3 heterocycles. The number of carbonyl (C=O) groups is 3. The van der Waals surface area contributed by atoms with Crippen LogP contribution < -0.4 is 10.1 Å². The van der Waals surface area contributed by atoms with Gasteiger partial charge in [-0.3, -0.25) is 24.2 Å². The fraction of sp³-hybridized carbons (Fsp3) is 0.625. The Hall–Kier alpha value is -2.73. The number of fused-ring (bicyclic) bond motifs is 3. The van der Waals surface area contributed by atoms with Gasteiger partial charge in [-0.2, -0.15) is 0 Å². The summed E-state index contributed by atoms with van der Waals surface area (Å²) in [7, 11) is 0. The standard InChI is InChI=1S/C22H33N3O4.2CH2O2/c26-22-19-14-25(15-20(23-22)17-28-16-19)13-18-4-3-5-21(12-18)29-9-2-1-6-24-7-10-27-11-8-24;2*2-1-3/h3-5,12,19-20H,1-2,6-11,13-17H2,(H,23,26);2*1H,(H,2,3)/t19-,20+;;/m1../s1. The van der Waals surface area contributed by atoms with E-state index >= 15 is 0 Å². The molecule has 2 bridgehead atoms. The Morgan fingerprint density at radius 2 is 1.77 bits per heavy atom. The summed E-state index contributed by atoms with van der Waals surface area (Å²) >= 11 is 0. The summed E-state index contributed by atoms with van der Waals surface area (Å²) in [5.41, 5.74) is 1.23. The molecular formula is C24H37N3O8. The van der Waals surface area contributed by atoms with Crippen LogP contribution in [-0.4, -0.2) is 111 Å². The van der Waals surface area contributed by atoms with E-state index in [0.717, 1.165) is 77.7 Å². The maximum atomic E-state index is 12.2. The van der Waals surface area contributed by atoms with Crippen LogP contribution in [-0.2, 0) is 30.4 Å². The van der Waals surface area contributed by atoms with E-state index in [0.29, 0.717) is 13.2 Å². The second kappa shape index (κ2) is 16.8. The van der Waals surface area contributed by atoms with Crippen LogP contribution in [0.15, 0.2) is 24.3 Å². The molecule has 35 heavy (non-hydrogen) atoms. The van der Waals surface area contributed by atoms with Crippen LogP contribution in [0.2, 0.25) is 0 Å². The zero-order valence-electron chi connectivity index (χ0n) is 20.0. The quantitative estimate of drug-likeness (QED) is 0.346. The van der Waals surface area contributed by atoms with Crippen molar-refractivity contribution in [3.63, 3.8) is 0 Å². The third kappa shape index (κ3) is 11.0. The molecule has 11 heteroatoms. The van der Waals surface area contributed by atoms with Crippen LogP contribution in [0.25, 0.3) is 0 Å². The fourth-order valence-electron chi connectivity index (χ4n) is 4.29. The molecule has 3 aliphatic rings. The predicted octanol–water partition coefficient (Wildman–Crippen LogP) is 0.526. The fourth-order valence-corrected chi connectivity index (χ4v) is 4.29. The SMILES string of the molecule is O=C1N[C@@H]2COC[C@H]1CN(Cc1cccc(OCCCCN3CCOCC3)c1)C2.O=CO.O=CO. The van der Waals surface area contributed by atoms with E-state index in [4.69, 9.17) is 34.0 Å². The van der Waals surface area contributed by atoms with Gasteiger partial charge >= 0.3 is 0 Å². The van der Waals surface area contributed by atoms with Crippen LogP contribution in [0, 0.1) is 5.92 Å². The number of carbonyl (C=O) groups excluding carboxylic acids is 1. The lowest BCUT2D eigenvalue weighted by molar-refractivity contribution is -0.125. The molecule has 0 aromatic heterocycles. The summed E-state index contributed by atoms with van der Waals surface area (Å²) in [6.45, 7) is 8.72. The minimum atomic E-state index is -0.250. The minimum absolute atomic E-state index is 0.0756. The summed E-state index contributed by atoms with van der Waals surface area (Å²) in [5.74, 6) is 0.985. The largest absolute Gasteiger partial charge is 0.494 e. The highest BCUT2D eigenvalue weighted by molar-refractivity contribution is 5.79. The van der Waals surface area contributed by atoms with Crippen molar-refractivity contribution < 1.29 is 38.8 Å². The third-order valence-electron chi connectivity index (χ3n) is 5.86. The van der Waals surface area contributed by atoms with Crippen LogP contribution in [0.3, 0.4) is 0 Å². The summed E-state index contributed by atoms with van der Waals surface area (Å²) < 4.78 is 17.0. The smallest absolute Gasteiger partial charge is 0.290 e. The Bertz CT molecular complexity index is 754. The molecule has 1 aromatic carbocycles. The van der Waals surface area contributed by atoms with Crippen molar-refractivity contribution >= 4 is 18.9 Å². The van der Waals surface area contributed by atoms with Crippen LogP contribution in [0.1, 0.15) is 18.4 Å². The first-order valence-electron chi connectivity index (χ1n) is 11.9. The van der Waals surface area contributed by atoms with Crippen molar-refractivity contribution in [3.05, 3.63) is 29.8 Å². The molecule has 0 aliphatic carbocycles. The second-order valence-electron chi connectivity index (χ2n) is 8.50. The number of morpholine rings is 1. The summed E-state index contributed by atoms with van der Waals surface area (Å²) in [5, 5.41) is 16.9. The summed E-state index contributed by atoms with van der Waals surface area (Å²) in [4.78, 5) is 33.7. The van der Waals surface area contributed by atoms with Gasteiger partial charge in [-0.15, -0.1) is 0 Å². The number of nitrogens with one attached hydrogen (secondary N) is 1. The van der Waals surface area contributed by atoms with Crippen LogP contribution in [0.5, 0.6) is 5.75 Å². The molecule has 0 saturated carbocycles. The van der Waals surface area contributed by atoms with Crippen molar-refractivity contribution in [1.82, 2.24) is 15.1 Å². The van der Waals surface area contributed by atoms with E-state index in [-0.39, 0.29) is 30.8 Å². The highest BCUT2D eigenvalue weighted by atomic mass is 16.5. The van der Waals surface area contributed by atoms with E-state index in [1.165, 1.54) is 5.56 Å². The maximum Gasteiger partial charge on any atom is 0.290 e. The van der Waals surface area contributed by atoms with Gasteiger partial charge in [0.05, 0.1) is 45.0 Å². The average Bonchev–Trinajstić information content (AvgIpc) is 3.09. The number of carboxylic acid groups (broad SMARTS) is 2. The Balaban J connectivity index is 0.000000655. The van der Waals surface area contributed by atoms with Crippen molar-refractivity contribution in [2.75, 3.05) is 65.8 Å². The van der Waals surface area contributed by atoms with Gasteiger partial charge in [0, 0.05) is 32.7 Å². The minimum Gasteiger partial charge on any atom is -0.494 e. The number of amides is 1. The molecular weight excluding hydrogens is 458 g/mol. The molecule has 11 nitrogen and oxygen atoms in total. The van der Waals surface area contributed by atoms with Gasteiger partial charge < -0.3 is 29.7 Å². The van der Waals surface area contributed by atoms with E-state index in [9.17, 15) is 4.79 Å². The summed E-state index contributed by atoms with van der Waals surface area (Å²) in [6.07, 6.45) is 2.21. The lowest BCUT2D eigenvalue weighted by Gasteiger charge is -2.27. The number of rotatable bonds is 8. The average molecular weight is 496 g/mol. The first-order valence-corrected chi connectivity index (χ1v) is 11.9. The Morgan fingerprint density at radius 1 is 1.03 bits per heavy atom. The van der Waals surface area contributed by atoms with Gasteiger partial charge in [0.25, 0.3) is 12.9 Å². The Labute approximate surface area is 205 Å². The van der Waals surface area contributed by atoms with E-state index in [1.54, 1.807) is 0 Å². The van der Waals surface area contributed by atoms with Gasteiger partial charge in [0.2, 0.25) is 5.91 Å². The molecule has 2 atom stereocenters. The van der Waals surface area contributed by atoms with Crippen molar-refractivity contribution in [3.8, 4) is 5.75 Å². The summed E-state index contributed by atoms with van der Waals surface area (Å²) in [6, 6.07) is 8.44. The number of benzene rings is 1. The molecule has 3 saturated heterocycles. The molecule has 1 aromatic rings. The van der Waals surface area contributed by atoms with Gasteiger partial charge in [-0.1, -0.05) is 12.1 Å². The lowest BCUT2D eigenvalue weighted by atomic mass is 10.1. The molecule has 0 spiro atoms. The van der Waals surface area contributed by atoms with Crippen molar-refractivity contribution in [1.29, 1.82) is 0 Å². The molecule has 196 valence electrons. The monoisotopic (exact) mass is 495 g/mol. The van der Waals surface area contributed by atoms with Crippen LogP contribution >= 0.6 is 0 Å². The first-order chi connectivity index (χ1) is 17.1. The molecule has 3 N–H and O–H groups in total. The van der Waals surface area contributed by atoms with Gasteiger partial charge in [0.1, 0.15) is 5.75 Å². The Kier molecular flexibility index (Phi) is 13.7. The molecule has 1 amide bonds. The number of unbranched alkanes of at least 4 members (excludes halogenated alkanes) is 1. The van der Waals surface area contributed by atoms with Gasteiger partial charge in [-0.05, 0) is 37.1 Å². The normalized spacial score (nSPS) is 22.2. The lowest BCUT2D eigenvalue weighted by Crippen LogP contribution is -2.41. The van der Waals surface area contributed by atoms with Gasteiger partial charge in [0.15, 0.2) is 0 Å². The highest BCUT2D eigenvalue weighted by Gasteiger charge is 2.33. The molecule has 4 rings (SSSR count). The van der Waals surface area contributed by atoms with Crippen molar-refractivity contribution in [2.24, 2.45) is 5.92 Å². The molecule has 0 unspecified atom stereocenters. The number of hydrogen-bond donors (Lipinski definition) is 3. The van der Waals surface area contributed by atoms with Crippen molar-refractivity contribution in [2.45, 2.75) is 25.4 Å². The van der Waals surface area contributed by atoms with E-state index in [2.05, 4.69) is 33.3 Å². The first kappa shape index (κ1) is 28.5. The molecule has 0 radical (unpaired) electrons. The second-order valence-corrected chi connectivity index (χ2v) is 8.50. The maximum absolute atomic E-state index is 12.2. The van der Waals surface area contributed by atoms with Crippen LogP contribution in [0.4, 0.5) is 0 Å².